The van der Waals surface area contributed by atoms with Crippen LogP contribution in [0.2, 0.25) is 0 Å². The zero-order valence-corrected chi connectivity index (χ0v) is 12.2. The Bertz CT molecular complexity index is 343. The van der Waals surface area contributed by atoms with Crippen molar-refractivity contribution in [1.82, 2.24) is 10.2 Å². The van der Waals surface area contributed by atoms with Crippen molar-refractivity contribution in [2.45, 2.75) is 70.4 Å². The van der Waals surface area contributed by atoms with E-state index in [1.54, 1.807) is 7.05 Å². The lowest BCUT2D eigenvalue weighted by molar-refractivity contribution is -0.148. The third-order valence-electron chi connectivity index (χ3n) is 4.75. The van der Waals surface area contributed by atoms with Crippen molar-refractivity contribution in [3.05, 3.63) is 0 Å². The summed E-state index contributed by atoms with van der Waals surface area (Å²) >= 11 is 0. The molecular formula is C15H26N2O2. The molecule has 0 aromatic heterocycles. The third-order valence-corrected chi connectivity index (χ3v) is 4.75. The number of amides is 2. The maximum Gasteiger partial charge on any atom is 0.246 e. The number of imide groups is 1. The number of likely N-dealkylation sites (N-methyl/N-ethyl adjacent to an activating group) is 1. The summed E-state index contributed by atoms with van der Waals surface area (Å²) in [6.07, 6.45) is 8.60. The molecule has 4 heteroatoms. The Morgan fingerprint density at radius 2 is 1.95 bits per heavy atom. The van der Waals surface area contributed by atoms with Crippen LogP contribution in [0.4, 0.5) is 0 Å². The highest BCUT2D eigenvalue weighted by Gasteiger charge is 2.33. The summed E-state index contributed by atoms with van der Waals surface area (Å²) in [5.74, 6) is 0.764. The van der Waals surface area contributed by atoms with Gasteiger partial charge in [-0.1, -0.05) is 26.2 Å². The first kappa shape index (κ1) is 14.5. The highest BCUT2D eigenvalue weighted by atomic mass is 16.2. The molecule has 2 fully saturated rings. The van der Waals surface area contributed by atoms with E-state index in [1.165, 1.54) is 37.0 Å². The van der Waals surface area contributed by atoms with Crippen molar-refractivity contribution in [3.8, 4) is 0 Å². The summed E-state index contributed by atoms with van der Waals surface area (Å²) < 4.78 is 0. The zero-order valence-electron chi connectivity index (χ0n) is 12.2. The Labute approximate surface area is 115 Å². The molecule has 1 heterocycles. The van der Waals surface area contributed by atoms with E-state index < -0.39 is 0 Å². The SMILES string of the molecule is CCC1CCCC(NC2CCC(=O)N(C)C2=O)CC1. The first-order valence-electron chi connectivity index (χ1n) is 7.68. The fourth-order valence-corrected chi connectivity index (χ4v) is 3.31. The van der Waals surface area contributed by atoms with Crippen molar-refractivity contribution in [1.29, 1.82) is 0 Å². The van der Waals surface area contributed by atoms with E-state index in [2.05, 4.69) is 12.2 Å². The largest absolute Gasteiger partial charge is 0.303 e. The Kier molecular flexibility index (Phi) is 4.97. The maximum absolute atomic E-state index is 12.1. The predicted octanol–water partition coefficient (Wildman–Crippen LogP) is 2.08. The second kappa shape index (κ2) is 6.51. The van der Waals surface area contributed by atoms with Gasteiger partial charge in [0.1, 0.15) is 0 Å². The minimum atomic E-state index is -0.147. The molecule has 4 nitrogen and oxygen atoms in total. The molecule has 108 valence electrons. The molecule has 1 aliphatic heterocycles. The van der Waals surface area contributed by atoms with Crippen LogP contribution in [0, 0.1) is 5.92 Å². The first-order chi connectivity index (χ1) is 9.11. The molecule has 0 spiro atoms. The Balaban J connectivity index is 1.87. The van der Waals surface area contributed by atoms with Crippen molar-refractivity contribution < 1.29 is 9.59 Å². The third kappa shape index (κ3) is 3.56. The van der Waals surface area contributed by atoms with Crippen LogP contribution in [0.25, 0.3) is 0 Å². The Morgan fingerprint density at radius 1 is 1.16 bits per heavy atom. The van der Waals surface area contributed by atoms with Gasteiger partial charge in [0.2, 0.25) is 11.8 Å². The van der Waals surface area contributed by atoms with Crippen LogP contribution in [0.1, 0.15) is 58.3 Å². The minimum Gasteiger partial charge on any atom is -0.303 e. The molecule has 0 bridgehead atoms. The van der Waals surface area contributed by atoms with Gasteiger partial charge in [0.05, 0.1) is 6.04 Å². The van der Waals surface area contributed by atoms with E-state index in [1.807, 2.05) is 0 Å². The molecule has 1 saturated heterocycles. The van der Waals surface area contributed by atoms with E-state index in [0.29, 0.717) is 18.9 Å². The molecule has 19 heavy (non-hydrogen) atoms. The number of rotatable bonds is 3. The maximum atomic E-state index is 12.1. The first-order valence-corrected chi connectivity index (χ1v) is 7.68. The van der Waals surface area contributed by atoms with Crippen molar-refractivity contribution >= 4 is 11.8 Å². The summed E-state index contributed by atoms with van der Waals surface area (Å²) in [6.45, 7) is 2.27. The number of likely N-dealkylation sites (tertiary alicyclic amines) is 1. The number of hydrogen-bond donors (Lipinski definition) is 1. The number of hydrogen-bond acceptors (Lipinski definition) is 3. The second-order valence-electron chi connectivity index (χ2n) is 6.03. The summed E-state index contributed by atoms with van der Waals surface area (Å²) in [4.78, 5) is 24.8. The molecular weight excluding hydrogens is 240 g/mol. The average molecular weight is 266 g/mol. The fourth-order valence-electron chi connectivity index (χ4n) is 3.31. The highest BCUT2D eigenvalue weighted by Crippen LogP contribution is 2.26. The molecule has 0 aromatic rings. The van der Waals surface area contributed by atoms with E-state index in [-0.39, 0.29) is 17.9 Å². The van der Waals surface area contributed by atoms with Crippen molar-refractivity contribution in [2.75, 3.05) is 7.05 Å². The summed E-state index contributed by atoms with van der Waals surface area (Å²) in [7, 11) is 1.60. The molecule has 1 N–H and O–H groups in total. The normalized spacial score (nSPS) is 33.4. The van der Waals surface area contributed by atoms with Gasteiger partial charge < -0.3 is 5.32 Å². The van der Waals surface area contributed by atoms with Crippen LogP contribution in [0.15, 0.2) is 0 Å². The molecule has 1 aliphatic carbocycles. The number of carbonyl (C=O) groups is 2. The fraction of sp³-hybridized carbons (Fsp3) is 0.867. The topological polar surface area (TPSA) is 49.4 Å². The molecule has 0 radical (unpaired) electrons. The molecule has 2 aliphatic rings. The van der Waals surface area contributed by atoms with Crippen LogP contribution >= 0.6 is 0 Å². The van der Waals surface area contributed by atoms with E-state index in [4.69, 9.17) is 0 Å². The summed E-state index contributed by atoms with van der Waals surface area (Å²) in [6, 6.07) is 0.304. The minimum absolute atomic E-state index is 0.0463. The molecule has 3 unspecified atom stereocenters. The van der Waals surface area contributed by atoms with Gasteiger partial charge in [0, 0.05) is 19.5 Å². The quantitative estimate of drug-likeness (QED) is 0.628. The molecule has 2 amide bonds. The smallest absolute Gasteiger partial charge is 0.246 e. The van der Waals surface area contributed by atoms with E-state index >= 15 is 0 Å². The monoisotopic (exact) mass is 266 g/mol. The van der Waals surface area contributed by atoms with Gasteiger partial charge in [0.25, 0.3) is 0 Å². The molecule has 1 saturated carbocycles. The lowest BCUT2D eigenvalue weighted by Gasteiger charge is -2.31. The Hall–Kier alpha value is -0.900. The molecule has 0 aromatic carbocycles. The van der Waals surface area contributed by atoms with Crippen LogP contribution < -0.4 is 5.32 Å². The highest BCUT2D eigenvalue weighted by molar-refractivity contribution is 6.00. The van der Waals surface area contributed by atoms with Crippen molar-refractivity contribution in [3.63, 3.8) is 0 Å². The number of carbonyl (C=O) groups excluding carboxylic acids is 2. The lowest BCUT2D eigenvalue weighted by atomic mass is 9.97. The van der Waals surface area contributed by atoms with Crippen LogP contribution in [0.5, 0.6) is 0 Å². The predicted molar refractivity (Wildman–Crippen MR) is 74.6 cm³/mol. The number of piperidine rings is 1. The van der Waals surface area contributed by atoms with Gasteiger partial charge in [-0.2, -0.15) is 0 Å². The van der Waals surface area contributed by atoms with Gasteiger partial charge >= 0.3 is 0 Å². The van der Waals surface area contributed by atoms with Crippen LogP contribution in [-0.2, 0) is 9.59 Å². The van der Waals surface area contributed by atoms with Crippen molar-refractivity contribution in [2.24, 2.45) is 5.92 Å². The van der Waals surface area contributed by atoms with Gasteiger partial charge in [-0.05, 0) is 31.6 Å². The van der Waals surface area contributed by atoms with Gasteiger partial charge in [-0.15, -0.1) is 0 Å². The summed E-state index contributed by atoms with van der Waals surface area (Å²) in [5.41, 5.74) is 0. The van der Waals surface area contributed by atoms with Gasteiger partial charge in [0.15, 0.2) is 0 Å². The van der Waals surface area contributed by atoms with Crippen LogP contribution in [-0.4, -0.2) is 35.8 Å². The van der Waals surface area contributed by atoms with E-state index in [0.717, 1.165) is 12.3 Å². The molecule has 2 rings (SSSR count). The van der Waals surface area contributed by atoms with Gasteiger partial charge in [-0.3, -0.25) is 14.5 Å². The second-order valence-corrected chi connectivity index (χ2v) is 6.03. The Morgan fingerprint density at radius 3 is 2.68 bits per heavy atom. The number of nitrogens with zero attached hydrogens (tertiary/aromatic N) is 1. The zero-order chi connectivity index (χ0) is 13.8. The standard InChI is InChI=1S/C15H26N2O2/c1-3-11-5-4-6-12(8-7-11)16-13-9-10-14(18)17(2)15(13)19/h11-13,16H,3-10H2,1-2H3. The lowest BCUT2D eigenvalue weighted by Crippen LogP contribution is -2.53. The number of nitrogens with one attached hydrogen (secondary N) is 1. The molecule has 3 atom stereocenters. The average Bonchev–Trinajstić information content (AvgIpc) is 2.64. The van der Waals surface area contributed by atoms with Crippen LogP contribution in [0.3, 0.4) is 0 Å². The van der Waals surface area contributed by atoms with Gasteiger partial charge in [-0.25, -0.2) is 0 Å². The summed E-state index contributed by atoms with van der Waals surface area (Å²) in [5, 5.41) is 3.50. The van der Waals surface area contributed by atoms with E-state index in [9.17, 15) is 9.59 Å².